The number of pyridine rings is 1. The summed E-state index contributed by atoms with van der Waals surface area (Å²) in [5.74, 6) is 0.482. The highest BCUT2D eigenvalue weighted by atomic mass is 19.1. The molecule has 0 fully saturated rings. The number of imidazole rings is 1. The lowest BCUT2D eigenvalue weighted by Gasteiger charge is -2.23. The van der Waals surface area contributed by atoms with Gasteiger partial charge in [0.05, 0.1) is 23.3 Å². The van der Waals surface area contributed by atoms with Crippen molar-refractivity contribution in [1.82, 2.24) is 19.4 Å². The van der Waals surface area contributed by atoms with E-state index in [2.05, 4.69) is 9.97 Å². The fourth-order valence-corrected chi connectivity index (χ4v) is 3.55. The van der Waals surface area contributed by atoms with Crippen LogP contribution in [0.2, 0.25) is 0 Å². The van der Waals surface area contributed by atoms with Crippen molar-refractivity contribution in [3.8, 4) is 0 Å². The van der Waals surface area contributed by atoms with E-state index in [0.717, 1.165) is 22.6 Å². The number of hydrogen-bond acceptors (Lipinski definition) is 3. The Morgan fingerprint density at radius 2 is 1.77 bits per heavy atom. The van der Waals surface area contributed by atoms with Crippen molar-refractivity contribution in [3.05, 3.63) is 95.8 Å². The van der Waals surface area contributed by atoms with Crippen LogP contribution in [-0.2, 0) is 31.4 Å². The summed E-state index contributed by atoms with van der Waals surface area (Å²) in [6, 6.07) is 20.0. The largest absolute Gasteiger partial charge is 0.332 e. The average Bonchev–Trinajstić information content (AvgIpc) is 3.09. The molecule has 0 N–H and O–H groups in total. The van der Waals surface area contributed by atoms with Crippen molar-refractivity contribution in [2.24, 2.45) is 7.05 Å². The van der Waals surface area contributed by atoms with Crippen LogP contribution in [0.1, 0.15) is 23.5 Å². The molecule has 0 saturated carbocycles. The summed E-state index contributed by atoms with van der Waals surface area (Å²) in [5, 5.41) is 0. The molecule has 152 valence electrons. The van der Waals surface area contributed by atoms with Gasteiger partial charge < -0.3 is 9.47 Å². The molecule has 0 atom stereocenters. The monoisotopic (exact) mass is 402 g/mol. The average molecular weight is 402 g/mol. The predicted octanol–water partition coefficient (Wildman–Crippen LogP) is 4.27. The second-order valence-electron chi connectivity index (χ2n) is 7.24. The maximum atomic E-state index is 14.2. The zero-order valence-corrected chi connectivity index (χ0v) is 16.8. The second-order valence-corrected chi connectivity index (χ2v) is 7.24. The van der Waals surface area contributed by atoms with Gasteiger partial charge in [-0.1, -0.05) is 36.4 Å². The maximum absolute atomic E-state index is 14.2. The summed E-state index contributed by atoms with van der Waals surface area (Å²) >= 11 is 0. The van der Waals surface area contributed by atoms with Gasteiger partial charge in [-0.25, -0.2) is 9.37 Å². The Kier molecular flexibility index (Phi) is 5.84. The number of carbonyl (C=O) groups excluding carboxylic acids is 1. The third-order valence-corrected chi connectivity index (χ3v) is 5.19. The number of amides is 1. The lowest BCUT2D eigenvalue weighted by Crippen LogP contribution is -2.31. The Hall–Kier alpha value is -3.54. The van der Waals surface area contributed by atoms with Crippen LogP contribution in [0.5, 0.6) is 0 Å². The molecule has 30 heavy (non-hydrogen) atoms. The SMILES string of the molecule is Cn1c(CCC(=O)N(Cc2ccccn2)Cc2ccccc2F)nc2ccccc21. The summed E-state index contributed by atoms with van der Waals surface area (Å²) < 4.78 is 16.2. The van der Waals surface area contributed by atoms with E-state index in [1.54, 1.807) is 29.3 Å². The highest BCUT2D eigenvalue weighted by molar-refractivity contribution is 5.78. The molecule has 0 saturated heterocycles. The zero-order chi connectivity index (χ0) is 20.9. The highest BCUT2D eigenvalue weighted by Crippen LogP contribution is 2.17. The van der Waals surface area contributed by atoms with Gasteiger partial charge in [0.2, 0.25) is 5.91 Å². The summed E-state index contributed by atoms with van der Waals surface area (Å²) in [6.07, 6.45) is 2.50. The Labute approximate surface area is 174 Å². The van der Waals surface area contributed by atoms with Crippen LogP contribution >= 0.6 is 0 Å². The summed E-state index contributed by atoms with van der Waals surface area (Å²) in [7, 11) is 1.96. The van der Waals surface area contributed by atoms with Crippen LogP contribution in [0.25, 0.3) is 11.0 Å². The molecular weight excluding hydrogens is 379 g/mol. The Bertz CT molecular complexity index is 1160. The second kappa shape index (κ2) is 8.86. The first kappa shape index (κ1) is 19.8. The lowest BCUT2D eigenvalue weighted by atomic mass is 10.1. The zero-order valence-electron chi connectivity index (χ0n) is 16.8. The quantitative estimate of drug-likeness (QED) is 0.464. The number of fused-ring (bicyclic) bond motifs is 1. The molecule has 1 amide bonds. The first-order valence-corrected chi connectivity index (χ1v) is 9.93. The van der Waals surface area contributed by atoms with Gasteiger partial charge in [-0.3, -0.25) is 9.78 Å². The minimum absolute atomic E-state index is 0.0593. The fraction of sp³-hybridized carbons (Fsp3) is 0.208. The summed E-state index contributed by atoms with van der Waals surface area (Å²) in [6.45, 7) is 0.529. The molecule has 0 aliphatic heterocycles. The Morgan fingerprint density at radius 1 is 1.00 bits per heavy atom. The van der Waals surface area contributed by atoms with Crippen molar-refractivity contribution in [2.45, 2.75) is 25.9 Å². The number of benzene rings is 2. The molecule has 4 aromatic rings. The van der Waals surface area contributed by atoms with Crippen molar-refractivity contribution in [2.75, 3.05) is 0 Å². The van der Waals surface area contributed by atoms with Crippen molar-refractivity contribution < 1.29 is 9.18 Å². The number of nitrogens with zero attached hydrogens (tertiary/aromatic N) is 4. The molecule has 5 nitrogen and oxygen atoms in total. The Morgan fingerprint density at radius 3 is 2.53 bits per heavy atom. The van der Waals surface area contributed by atoms with Crippen molar-refractivity contribution >= 4 is 16.9 Å². The Balaban J connectivity index is 1.52. The lowest BCUT2D eigenvalue weighted by molar-refractivity contribution is -0.132. The number of rotatable bonds is 7. The van der Waals surface area contributed by atoms with Gasteiger partial charge in [0.1, 0.15) is 11.6 Å². The predicted molar refractivity (Wildman–Crippen MR) is 114 cm³/mol. The van der Waals surface area contributed by atoms with Gasteiger partial charge in [-0.15, -0.1) is 0 Å². The molecule has 0 unspecified atom stereocenters. The van der Waals surface area contributed by atoms with E-state index in [9.17, 15) is 9.18 Å². The van der Waals surface area contributed by atoms with Gasteiger partial charge in [0.15, 0.2) is 0 Å². The third kappa shape index (κ3) is 4.38. The number of aryl methyl sites for hydroxylation is 2. The van der Waals surface area contributed by atoms with E-state index >= 15 is 0 Å². The van der Waals surface area contributed by atoms with Gasteiger partial charge in [-0.05, 0) is 30.3 Å². The molecule has 0 aliphatic carbocycles. The van der Waals surface area contributed by atoms with E-state index in [1.165, 1.54) is 6.07 Å². The highest BCUT2D eigenvalue weighted by Gasteiger charge is 2.18. The molecule has 0 radical (unpaired) electrons. The number of hydrogen-bond donors (Lipinski definition) is 0. The fourth-order valence-electron chi connectivity index (χ4n) is 3.55. The molecule has 4 rings (SSSR count). The smallest absolute Gasteiger partial charge is 0.223 e. The topological polar surface area (TPSA) is 51.0 Å². The van der Waals surface area contributed by atoms with Crippen LogP contribution < -0.4 is 0 Å². The van der Waals surface area contributed by atoms with Gasteiger partial charge >= 0.3 is 0 Å². The van der Waals surface area contributed by atoms with E-state index < -0.39 is 0 Å². The van der Waals surface area contributed by atoms with E-state index in [1.807, 2.05) is 54.1 Å². The molecule has 2 aromatic heterocycles. The molecule has 2 heterocycles. The molecule has 0 bridgehead atoms. The molecule has 6 heteroatoms. The number of aromatic nitrogens is 3. The van der Waals surface area contributed by atoms with Gasteiger partial charge in [-0.2, -0.15) is 0 Å². The van der Waals surface area contributed by atoms with Crippen molar-refractivity contribution in [1.29, 1.82) is 0 Å². The minimum atomic E-state index is -0.313. The van der Waals surface area contributed by atoms with Crippen LogP contribution in [0, 0.1) is 5.82 Å². The first-order valence-electron chi connectivity index (χ1n) is 9.93. The minimum Gasteiger partial charge on any atom is -0.332 e. The molecular formula is C24H23FN4O. The molecule has 2 aromatic carbocycles. The van der Waals surface area contributed by atoms with Gasteiger partial charge in [0.25, 0.3) is 0 Å². The van der Waals surface area contributed by atoms with Crippen LogP contribution in [0.15, 0.2) is 72.9 Å². The summed E-state index contributed by atoms with van der Waals surface area (Å²) in [5.41, 5.74) is 3.21. The normalized spacial score (nSPS) is 11.0. The van der Waals surface area contributed by atoms with Gasteiger partial charge in [0, 0.05) is 38.2 Å². The van der Waals surface area contributed by atoms with E-state index in [4.69, 9.17) is 0 Å². The van der Waals surface area contributed by atoms with Crippen LogP contribution in [0.3, 0.4) is 0 Å². The number of halogens is 1. The number of carbonyl (C=O) groups is 1. The molecule has 0 aliphatic rings. The standard InChI is InChI=1S/C24H23FN4O/c1-28-22-12-5-4-11-21(22)27-23(28)13-14-24(30)29(17-19-9-6-7-15-26-19)16-18-8-2-3-10-20(18)25/h2-12,15H,13-14,16-17H2,1H3. The van der Waals surface area contributed by atoms with E-state index in [-0.39, 0.29) is 18.3 Å². The molecule has 0 spiro atoms. The van der Waals surface area contributed by atoms with E-state index in [0.29, 0.717) is 24.9 Å². The first-order chi connectivity index (χ1) is 14.6. The summed E-state index contributed by atoms with van der Waals surface area (Å²) in [4.78, 5) is 23.7. The maximum Gasteiger partial charge on any atom is 0.223 e. The number of para-hydroxylation sites is 2. The third-order valence-electron chi connectivity index (χ3n) is 5.19. The van der Waals surface area contributed by atoms with Crippen LogP contribution in [0.4, 0.5) is 4.39 Å². The van der Waals surface area contributed by atoms with Crippen LogP contribution in [-0.4, -0.2) is 25.3 Å². The van der Waals surface area contributed by atoms with Crippen molar-refractivity contribution in [3.63, 3.8) is 0 Å².